The van der Waals surface area contributed by atoms with Crippen molar-refractivity contribution in [1.82, 2.24) is 14.8 Å². The summed E-state index contributed by atoms with van der Waals surface area (Å²) in [5.41, 5.74) is 0.421. The van der Waals surface area contributed by atoms with Crippen molar-refractivity contribution >= 4 is 5.78 Å². The molecule has 1 aromatic heterocycles. The third-order valence-electron chi connectivity index (χ3n) is 2.70. The van der Waals surface area contributed by atoms with Gasteiger partial charge in [0, 0.05) is 13.0 Å². The molecule has 1 heterocycles. The number of hydrogen-bond acceptors (Lipinski definition) is 3. The highest BCUT2D eigenvalue weighted by atomic mass is 19.1. The Kier molecular flexibility index (Phi) is 3.82. The first-order chi connectivity index (χ1) is 8.70. The van der Waals surface area contributed by atoms with Crippen LogP contribution in [0.2, 0.25) is 0 Å². The third kappa shape index (κ3) is 2.80. The minimum atomic E-state index is -0.345. The molecule has 0 N–H and O–H groups in total. The van der Waals surface area contributed by atoms with E-state index in [-0.39, 0.29) is 24.4 Å². The van der Waals surface area contributed by atoms with Crippen LogP contribution in [-0.2, 0) is 24.2 Å². The van der Waals surface area contributed by atoms with Crippen LogP contribution < -0.4 is 0 Å². The molecule has 0 aliphatic rings. The fraction of sp³-hybridized carbons (Fsp3) is 0.308. The van der Waals surface area contributed by atoms with E-state index in [0.29, 0.717) is 17.9 Å². The first kappa shape index (κ1) is 12.4. The Morgan fingerprint density at radius 1 is 1.33 bits per heavy atom. The molecule has 0 aliphatic heterocycles. The SMILES string of the molecule is CCn1ncnc1CC(=O)Cc1ccccc1F. The van der Waals surface area contributed by atoms with Gasteiger partial charge in [-0.2, -0.15) is 5.10 Å². The van der Waals surface area contributed by atoms with Gasteiger partial charge >= 0.3 is 0 Å². The van der Waals surface area contributed by atoms with Crippen molar-refractivity contribution in [2.45, 2.75) is 26.3 Å². The highest BCUT2D eigenvalue weighted by Crippen LogP contribution is 2.09. The zero-order valence-corrected chi connectivity index (χ0v) is 10.1. The van der Waals surface area contributed by atoms with Gasteiger partial charge in [-0.1, -0.05) is 18.2 Å². The number of benzene rings is 1. The zero-order valence-electron chi connectivity index (χ0n) is 10.1. The Bertz CT molecular complexity index is 551. The average Bonchev–Trinajstić information content (AvgIpc) is 2.79. The van der Waals surface area contributed by atoms with Crippen molar-refractivity contribution in [3.63, 3.8) is 0 Å². The number of Topliss-reactive ketones (excluding diaryl/α,β-unsaturated/α-hetero) is 1. The molecule has 2 aromatic rings. The second-order valence-electron chi connectivity index (χ2n) is 3.98. The Morgan fingerprint density at radius 3 is 2.83 bits per heavy atom. The van der Waals surface area contributed by atoms with Crippen LogP contribution >= 0.6 is 0 Å². The summed E-state index contributed by atoms with van der Waals surface area (Å²) in [7, 11) is 0. The topological polar surface area (TPSA) is 47.8 Å². The van der Waals surface area contributed by atoms with E-state index < -0.39 is 0 Å². The summed E-state index contributed by atoms with van der Waals surface area (Å²) in [5.74, 6) is 0.212. The predicted molar refractivity (Wildman–Crippen MR) is 64.5 cm³/mol. The average molecular weight is 247 g/mol. The van der Waals surface area contributed by atoms with Crippen molar-refractivity contribution in [3.8, 4) is 0 Å². The molecule has 5 heteroatoms. The van der Waals surface area contributed by atoms with Gasteiger partial charge in [0.2, 0.25) is 0 Å². The predicted octanol–water partition coefficient (Wildman–Crippen LogP) is 1.79. The molecular weight excluding hydrogens is 233 g/mol. The summed E-state index contributed by atoms with van der Waals surface area (Å²) in [5, 5.41) is 3.99. The van der Waals surface area contributed by atoms with Gasteiger partial charge in [-0.25, -0.2) is 14.1 Å². The second kappa shape index (κ2) is 5.53. The molecule has 0 spiro atoms. The lowest BCUT2D eigenvalue weighted by atomic mass is 10.1. The van der Waals surface area contributed by atoms with E-state index in [2.05, 4.69) is 10.1 Å². The fourth-order valence-electron chi connectivity index (χ4n) is 1.78. The van der Waals surface area contributed by atoms with E-state index in [9.17, 15) is 9.18 Å². The summed E-state index contributed by atoms with van der Waals surface area (Å²) in [6.07, 6.45) is 1.70. The van der Waals surface area contributed by atoms with E-state index in [0.717, 1.165) is 0 Å². The Labute approximate surface area is 104 Å². The summed E-state index contributed by atoms with van der Waals surface area (Å²) in [6, 6.07) is 6.31. The van der Waals surface area contributed by atoms with E-state index >= 15 is 0 Å². The van der Waals surface area contributed by atoms with Gasteiger partial charge in [-0.15, -0.1) is 0 Å². The van der Waals surface area contributed by atoms with Gasteiger partial charge < -0.3 is 0 Å². The number of hydrogen-bond donors (Lipinski definition) is 0. The smallest absolute Gasteiger partial charge is 0.144 e. The maximum atomic E-state index is 13.4. The molecule has 0 bridgehead atoms. The molecule has 0 unspecified atom stereocenters. The number of ketones is 1. The van der Waals surface area contributed by atoms with Crippen molar-refractivity contribution in [1.29, 1.82) is 0 Å². The molecule has 0 aliphatic carbocycles. The van der Waals surface area contributed by atoms with Crippen LogP contribution in [0.1, 0.15) is 18.3 Å². The summed E-state index contributed by atoms with van der Waals surface area (Å²) >= 11 is 0. The maximum absolute atomic E-state index is 13.4. The molecular formula is C13H14FN3O. The van der Waals surface area contributed by atoms with Gasteiger partial charge in [0.05, 0.1) is 6.42 Å². The van der Waals surface area contributed by atoms with Gasteiger partial charge in [0.25, 0.3) is 0 Å². The van der Waals surface area contributed by atoms with Crippen LogP contribution in [0.3, 0.4) is 0 Å². The van der Waals surface area contributed by atoms with Gasteiger partial charge in [-0.3, -0.25) is 4.79 Å². The van der Waals surface area contributed by atoms with Crippen LogP contribution in [0.15, 0.2) is 30.6 Å². The van der Waals surface area contributed by atoms with Crippen molar-refractivity contribution < 1.29 is 9.18 Å². The van der Waals surface area contributed by atoms with Gasteiger partial charge in [-0.05, 0) is 18.6 Å². The first-order valence-electron chi connectivity index (χ1n) is 5.82. The summed E-state index contributed by atoms with van der Waals surface area (Å²) in [6.45, 7) is 2.60. The number of aryl methyl sites for hydroxylation is 1. The molecule has 0 saturated carbocycles. The molecule has 4 nitrogen and oxygen atoms in total. The molecule has 0 fully saturated rings. The molecule has 2 rings (SSSR count). The van der Waals surface area contributed by atoms with Crippen LogP contribution in [0.25, 0.3) is 0 Å². The Hall–Kier alpha value is -2.04. The van der Waals surface area contributed by atoms with Crippen LogP contribution in [0.4, 0.5) is 4.39 Å². The van der Waals surface area contributed by atoms with Crippen LogP contribution in [0, 0.1) is 5.82 Å². The quantitative estimate of drug-likeness (QED) is 0.809. The number of rotatable bonds is 5. The van der Waals surface area contributed by atoms with Crippen molar-refractivity contribution in [2.75, 3.05) is 0 Å². The molecule has 0 radical (unpaired) electrons. The lowest BCUT2D eigenvalue weighted by Gasteiger charge is -2.03. The largest absolute Gasteiger partial charge is 0.299 e. The van der Waals surface area contributed by atoms with E-state index in [4.69, 9.17) is 0 Å². The normalized spacial score (nSPS) is 10.6. The number of aromatic nitrogens is 3. The van der Waals surface area contributed by atoms with E-state index in [1.807, 2.05) is 6.92 Å². The number of nitrogens with zero attached hydrogens (tertiary/aromatic N) is 3. The molecule has 18 heavy (non-hydrogen) atoms. The summed E-state index contributed by atoms with van der Waals surface area (Å²) in [4.78, 5) is 15.9. The molecule has 0 atom stereocenters. The zero-order chi connectivity index (χ0) is 13.0. The van der Waals surface area contributed by atoms with E-state index in [1.165, 1.54) is 12.4 Å². The first-order valence-corrected chi connectivity index (χ1v) is 5.82. The Balaban J connectivity index is 2.04. The molecule has 1 aromatic carbocycles. The monoisotopic (exact) mass is 247 g/mol. The van der Waals surface area contributed by atoms with Gasteiger partial charge in [0.15, 0.2) is 0 Å². The lowest BCUT2D eigenvalue weighted by Crippen LogP contribution is -2.13. The minimum Gasteiger partial charge on any atom is -0.299 e. The van der Waals surface area contributed by atoms with E-state index in [1.54, 1.807) is 22.9 Å². The summed E-state index contributed by atoms with van der Waals surface area (Å²) < 4.78 is 15.1. The number of halogens is 1. The maximum Gasteiger partial charge on any atom is 0.144 e. The fourth-order valence-corrected chi connectivity index (χ4v) is 1.78. The number of carbonyl (C=O) groups excluding carboxylic acids is 1. The highest BCUT2D eigenvalue weighted by molar-refractivity contribution is 5.82. The molecule has 94 valence electrons. The number of carbonyl (C=O) groups is 1. The Morgan fingerprint density at radius 2 is 2.11 bits per heavy atom. The minimum absolute atomic E-state index is 0.0669. The highest BCUT2D eigenvalue weighted by Gasteiger charge is 2.12. The van der Waals surface area contributed by atoms with Crippen molar-refractivity contribution in [3.05, 3.63) is 47.8 Å². The lowest BCUT2D eigenvalue weighted by molar-refractivity contribution is -0.118. The van der Waals surface area contributed by atoms with Crippen LogP contribution in [0.5, 0.6) is 0 Å². The molecule has 0 amide bonds. The van der Waals surface area contributed by atoms with Crippen LogP contribution in [-0.4, -0.2) is 20.5 Å². The molecule has 0 saturated heterocycles. The van der Waals surface area contributed by atoms with Crippen molar-refractivity contribution in [2.24, 2.45) is 0 Å². The second-order valence-corrected chi connectivity index (χ2v) is 3.98. The third-order valence-corrected chi connectivity index (χ3v) is 2.70. The standard InChI is InChI=1S/C13H14FN3O/c1-2-17-13(15-9-16-17)8-11(18)7-10-5-3-4-6-12(10)14/h3-6,9H,2,7-8H2,1H3. The van der Waals surface area contributed by atoms with Gasteiger partial charge in [0.1, 0.15) is 23.8 Å².